The molecule has 25 heavy (non-hydrogen) atoms. The van der Waals surface area contributed by atoms with Crippen LogP contribution in [0.4, 0.5) is 8.78 Å². The second-order valence-electron chi connectivity index (χ2n) is 6.42. The standard InChI is InChI=1S/C18H26F2N4O/c1-2-21-18(22-10-17(19)20)24-12-15-16(13-24)25-9-8-23(15)11-14-6-4-3-5-7-14/h3-7,15-17H,2,8-13H2,1H3,(H,21,22). The first kappa shape index (κ1) is 18.1. The molecule has 0 bridgehead atoms. The molecule has 0 spiro atoms. The summed E-state index contributed by atoms with van der Waals surface area (Å²) in [7, 11) is 0. The number of likely N-dealkylation sites (tertiary alicyclic amines) is 1. The van der Waals surface area contributed by atoms with Crippen molar-refractivity contribution in [1.29, 1.82) is 0 Å². The molecule has 2 aliphatic heterocycles. The maximum atomic E-state index is 12.5. The summed E-state index contributed by atoms with van der Waals surface area (Å²) in [6, 6.07) is 10.6. The van der Waals surface area contributed by atoms with Gasteiger partial charge in [0, 0.05) is 32.7 Å². The number of aliphatic imine (C=N–C) groups is 1. The maximum absolute atomic E-state index is 12.5. The minimum absolute atomic E-state index is 0.0906. The fourth-order valence-corrected chi connectivity index (χ4v) is 3.53. The monoisotopic (exact) mass is 352 g/mol. The first-order chi connectivity index (χ1) is 12.2. The van der Waals surface area contributed by atoms with Crippen LogP contribution in [0.2, 0.25) is 0 Å². The van der Waals surface area contributed by atoms with Gasteiger partial charge < -0.3 is 15.0 Å². The van der Waals surface area contributed by atoms with Crippen LogP contribution in [-0.4, -0.2) is 73.7 Å². The van der Waals surface area contributed by atoms with Crippen molar-refractivity contribution < 1.29 is 13.5 Å². The number of alkyl halides is 2. The number of ether oxygens (including phenoxy) is 1. The Morgan fingerprint density at radius 2 is 2.12 bits per heavy atom. The molecule has 0 aliphatic carbocycles. The van der Waals surface area contributed by atoms with Crippen molar-refractivity contribution in [3.8, 4) is 0 Å². The zero-order valence-electron chi connectivity index (χ0n) is 14.6. The van der Waals surface area contributed by atoms with Crippen molar-refractivity contribution in [2.45, 2.75) is 32.0 Å². The Morgan fingerprint density at radius 1 is 1.32 bits per heavy atom. The smallest absolute Gasteiger partial charge is 0.257 e. The van der Waals surface area contributed by atoms with E-state index in [2.05, 4.69) is 39.5 Å². The third kappa shape index (κ3) is 4.67. The van der Waals surface area contributed by atoms with Crippen LogP contribution in [0.3, 0.4) is 0 Å². The lowest BCUT2D eigenvalue weighted by atomic mass is 10.1. The fourth-order valence-electron chi connectivity index (χ4n) is 3.53. The van der Waals surface area contributed by atoms with E-state index in [0.717, 1.165) is 19.6 Å². The van der Waals surface area contributed by atoms with Crippen LogP contribution in [0.1, 0.15) is 12.5 Å². The molecule has 5 nitrogen and oxygen atoms in total. The largest absolute Gasteiger partial charge is 0.373 e. The molecule has 1 N–H and O–H groups in total. The van der Waals surface area contributed by atoms with Gasteiger partial charge in [0.25, 0.3) is 6.43 Å². The Morgan fingerprint density at radius 3 is 2.84 bits per heavy atom. The number of halogens is 2. The normalized spacial score (nSPS) is 24.6. The maximum Gasteiger partial charge on any atom is 0.257 e. The summed E-state index contributed by atoms with van der Waals surface area (Å²) in [5, 5.41) is 3.12. The van der Waals surface area contributed by atoms with E-state index in [0.29, 0.717) is 25.7 Å². The van der Waals surface area contributed by atoms with Crippen LogP contribution in [0.25, 0.3) is 0 Å². The Labute approximate surface area is 147 Å². The van der Waals surface area contributed by atoms with Gasteiger partial charge in [-0.3, -0.25) is 4.90 Å². The summed E-state index contributed by atoms with van der Waals surface area (Å²) in [5.41, 5.74) is 1.28. The first-order valence-corrected chi connectivity index (χ1v) is 8.88. The molecule has 0 amide bonds. The summed E-state index contributed by atoms with van der Waals surface area (Å²) >= 11 is 0. The predicted octanol–water partition coefficient (Wildman–Crippen LogP) is 1.80. The van der Waals surface area contributed by atoms with Crippen LogP contribution in [0, 0.1) is 0 Å². The van der Waals surface area contributed by atoms with Gasteiger partial charge in [0.2, 0.25) is 0 Å². The third-order valence-corrected chi connectivity index (χ3v) is 4.66. The lowest BCUT2D eigenvalue weighted by Gasteiger charge is -2.36. The second kappa shape index (κ2) is 8.58. The predicted molar refractivity (Wildman–Crippen MR) is 93.9 cm³/mol. The molecule has 3 rings (SSSR count). The number of nitrogens with zero attached hydrogens (tertiary/aromatic N) is 3. The van der Waals surface area contributed by atoms with Gasteiger partial charge in [0.1, 0.15) is 6.54 Å². The zero-order valence-corrected chi connectivity index (χ0v) is 14.6. The van der Waals surface area contributed by atoms with Crippen LogP contribution < -0.4 is 5.32 Å². The molecule has 2 heterocycles. The Bertz CT molecular complexity index is 569. The van der Waals surface area contributed by atoms with Crippen LogP contribution in [-0.2, 0) is 11.3 Å². The molecule has 0 saturated carbocycles. The van der Waals surface area contributed by atoms with Crippen molar-refractivity contribution >= 4 is 5.96 Å². The van der Waals surface area contributed by atoms with Gasteiger partial charge in [-0.15, -0.1) is 0 Å². The topological polar surface area (TPSA) is 40.1 Å². The number of guanidine groups is 1. The Hall–Kier alpha value is -1.73. The average molecular weight is 352 g/mol. The molecule has 0 radical (unpaired) electrons. The summed E-state index contributed by atoms with van der Waals surface area (Å²) in [6.07, 6.45) is -2.34. The van der Waals surface area contributed by atoms with Crippen LogP contribution >= 0.6 is 0 Å². The van der Waals surface area contributed by atoms with Gasteiger partial charge in [-0.25, -0.2) is 13.8 Å². The molecule has 1 aromatic carbocycles. The summed E-state index contributed by atoms with van der Waals surface area (Å²) in [6.45, 7) is 6.02. The van der Waals surface area contributed by atoms with Gasteiger partial charge in [-0.1, -0.05) is 30.3 Å². The van der Waals surface area contributed by atoms with Gasteiger partial charge in [-0.2, -0.15) is 0 Å². The van der Waals surface area contributed by atoms with E-state index in [1.165, 1.54) is 5.56 Å². The Balaban J connectivity index is 1.68. The van der Waals surface area contributed by atoms with Crippen molar-refractivity contribution in [2.75, 3.05) is 39.3 Å². The average Bonchev–Trinajstić information content (AvgIpc) is 3.04. The summed E-state index contributed by atoms with van der Waals surface area (Å²) in [4.78, 5) is 8.55. The number of hydrogen-bond acceptors (Lipinski definition) is 3. The van der Waals surface area contributed by atoms with Gasteiger partial charge in [0.15, 0.2) is 5.96 Å². The second-order valence-corrected chi connectivity index (χ2v) is 6.42. The molecule has 2 saturated heterocycles. The lowest BCUT2D eigenvalue weighted by Crippen LogP contribution is -2.50. The quantitative estimate of drug-likeness (QED) is 0.648. The van der Waals surface area contributed by atoms with Gasteiger partial charge in [-0.05, 0) is 12.5 Å². The molecule has 2 aliphatic rings. The third-order valence-electron chi connectivity index (χ3n) is 4.66. The highest BCUT2D eigenvalue weighted by Gasteiger charge is 2.41. The SMILES string of the molecule is CCNC(=NCC(F)F)N1CC2OCCN(Cc3ccccc3)C2C1. The molecular weight excluding hydrogens is 326 g/mol. The highest BCUT2D eigenvalue weighted by atomic mass is 19.3. The summed E-state index contributed by atoms with van der Waals surface area (Å²) < 4.78 is 31.0. The Kier molecular flexibility index (Phi) is 6.20. The van der Waals surface area contributed by atoms with E-state index in [1.54, 1.807) is 0 Å². The molecule has 2 unspecified atom stereocenters. The van der Waals surface area contributed by atoms with Crippen molar-refractivity contribution in [3.63, 3.8) is 0 Å². The molecule has 2 fully saturated rings. The van der Waals surface area contributed by atoms with E-state index in [4.69, 9.17) is 4.74 Å². The van der Waals surface area contributed by atoms with Gasteiger partial charge >= 0.3 is 0 Å². The van der Waals surface area contributed by atoms with Crippen LogP contribution in [0.5, 0.6) is 0 Å². The number of benzene rings is 1. The lowest BCUT2D eigenvalue weighted by molar-refractivity contribution is -0.0502. The number of morpholine rings is 1. The fraction of sp³-hybridized carbons (Fsp3) is 0.611. The first-order valence-electron chi connectivity index (χ1n) is 8.88. The molecule has 2 atom stereocenters. The van der Waals surface area contributed by atoms with E-state index in [9.17, 15) is 8.78 Å². The molecule has 7 heteroatoms. The highest BCUT2D eigenvalue weighted by Crippen LogP contribution is 2.24. The minimum Gasteiger partial charge on any atom is -0.373 e. The number of hydrogen-bond donors (Lipinski definition) is 1. The van der Waals surface area contributed by atoms with E-state index in [-0.39, 0.29) is 12.1 Å². The van der Waals surface area contributed by atoms with E-state index >= 15 is 0 Å². The van der Waals surface area contributed by atoms with Crippen molar-refractivity contribution in [2.24, 2.45) is 4.99 Å². The van der Waals surface area contributed by atoms with Gasteiger partial charge in [0.05, 0.1) is 18.8 Å². The minimum atomic E-state index is -2.43. The molecule has 0 aromatic heterocycles. The number of nitrogens with one attached hydrogen (secondary N) is 1. The summed E-state index contributed by atoms with van der Waals surface area (Å²) in [5.74, 6) is 0.556. The van der Waals surface area contributed by atoms with Crippen molar-refractivity contribution in [1.82, 2.24) is 15.1 Å². The molecule has 138 valence electrons. The number of rotatable bonds is 5. The molecular formula is C18H26F2N4O. The van der Waals surface area contributed by atoms with E-state index in [1.807, 2.05) is 17.9 Å². The molecule has 1 aromatic rings. The van der Waals surface area contributed by atoms with Crippen molar-refractivity contribution in [3.05, 3.63) is 35.9 Å². The zero-order chi connectivity index (χ0) is 17.6. The van der Waals surface area contributed by atoms with E-state index < -0.39 is 13.0 Å². The highest BCUT2D eigenvalue weighted by molar-refractivity contribution is 5.80. The number of fused-ring (bicyclic) bond motifs is 1. The van der Waals surface area contributed by atoms with Crippen LogP contribution in [0.15, 0.2) is 35.3 Å².